The van der Waals surface area contributed by atoms with Crippen LogP contribution >= 0.6 is 0 Å². The van der Waals surface area contributed by atoms with Crippen molar-refractivity contribution in [3.05, 3.63) is 59.4 Å². The molecular formula is C24H33N3O2. The molecule has 2 unspecified atom stereocenters. The van der Waals surface area contributed by atoms with Crippen LogP contribution in [-0.4, -0.2) is 36.6 Å². The van der Waals surface area contributed by atoms with Gasteiger partial charge in [-0.15, -0.1) is 0 Å². The van der Waals surface area contributed by atoms with Gasteiger partial charge in [-0.25, -0.2) is 4.98 Å². The highest BCUT2D eigenvalue weighted by Gasteiger charge is 2.19. The van der Waals surface area contributed by atoms with Crippen molar-refractivity contribution < 1.29 is 9.53 Å². The number of nitrogens with zero attached hydrogens (tertiary/aromatic N) is 2. The van der Waals surface area contributed by atoms with Crippen molar-refractivity contribution in [1.29, 1.82) is 0 Å². The Morgan fingerprint density at radius 1 is 1.14 bits per heavy atom. The first kappa shape index (κ1) is 22.6. The number of carbonyl (C=O) groups excluding carboxylic acids is 1. The van der Waals surface area contributed by atoms with Gasteiger partial charge in [-0.05, 0) is 43.9 Å². The van der Waals surface area contributed by atoms with E-state index < -0.39 is 0 Å². The predicted molar refractivity (Wildman–Crippen MR) is 121 cm³/mol. The lowest BCUT2D eigenvalue weighted by molar-refractivity contribution is -0.0979. The normalized spacial score (nSPS) is 12.9. The number of fused-ring (bicyclic) bond motifs is 1. The minimum atomic E-state index is 0.241. The van der Waals surface area contributed by atoms with Crippen LogP contribution in [0.1, 0.15) is 43.1 Å². The standard InChI is InChI=1S/C23H31N3O.CH2O/c1-16(15-18-9-7-6-8-10-18)23-25-22-19(12-11-17(2)27-5)20(24-3)13-14-21(22)26(23)4;1-2/h6-10,13-14,16-17,24H,11-12,15H2,1-5H3;1H2. The number of hydrogen-bond donors (Lipinski definition) is 1. The maximum absolute atomic E-state index is 8.00. The van der Waals surface area contributed by atoms with E-state index in [0.29, 0.717) is 5.92 Å². The van der Waals surface area contributed by atoms with Crippen molar-refractivity contribution in [3.63, 3.8) is 0 Å². The molecule has 0 saturated carbocycles. The molecule has 5 heteroatoms. The number of carbonyl (C=O) groups is 1. The smallest absolute Gasteiger partial charge is 0.112 e. The molecule has 0 aliphatic rings. The van der Waals surface area contributed by atoms with Crippen LogP contribution in [0.15, 0.2) is 42.5 Å². The van der Waals surface area contributed by atoms with Gasteiger partial charge in [-0.2, -0.15) is 0 Å². The Bertz CT molecular complexity index is 905. The Morgan fingerprint density at radius 2 is 1.83 bits per heavy atom. The zero-order chi connectivity index (χ0) is 21.4. The summed E-state index contributed by atoms with van der Waals surface area (Å²) in [5, 5.41) is 3.34. The number of rotatable bonds is 8. The zero-order valence-corrected chi connectivity index (χ0v) is 18.2. The molecule has 156 valence electrons. The number of benzene rings is 2. The van der Waals surface area contributed by atoms with Gasteiger partial charge in [0.1, 0.15) is 12.6 Å². The number of imidazole rings is 1. The summed E-state index contributed by atoms with van der Waals surface area (Å²) in [5.74, 6) is 1.50. The second-order valence-corrected chi connectivity index (χ2v) is 7.41. The van der Waals surface area contributed by atoms with Crippen molar-refractivity contribution in [2.45, 2.75) is 45.1 Å². The van der Waals surface area contributed by atoms with Gasteiger partial charge in [-0.3, -0.25) is 0 Å². The quantitative estimate of drug-likeness (QED) is 0.598. The second kappa shape index (κ2) is 10.8. The molecule has 29 heavy (non-hydrogen) atoms. The third-order valence-corrected chi connectivity index (χ3v) is 5.49. The van der Waals surface area contributed by atoms with Crippen molar-refractivity contribution in [3.8, 4) is 0 Å². The average molecular weight is 396 g/mol. The van der Waals surface area contributed by atoms with Crippen LogP contribution in [0, 0.1) is 0 Å². The molecule has 5 nitrogen and oxygen atoms in total. The molecule has 2 aromatic carbocycles. The first-order valence-corrected chi connectivity index (χ1v) is 10.1. The third kappa shape index (κ3) is 5.24. The fourth-order valence-corrected chi connectivity index (χ4v) is 3.78. The van der Waals surface area contributed by atoms with Gasteiger partial charge in [0.2, 0.25) is 0 Å². The van der Waals surface area contributed by atoms with E-state index in [1.807, 2.05) is 13.8 Å². The highest BCUT2D eigenvalue weighted by Crippen LogP contribution is 2.30. The zero-order valence-electron chi connectivity index (χ0n) is 18.2. The van der Waals surface area contributed by atoms with E-state index in [4.69, 9.17) is 14.5 Å². The number of methoxy groups -OCH3 is 1. The molecule has 0 radical (unpaired) electrons. The van der Waals surface area contributed by atoms with Crippen LogP contribution in [0.5, 0.6) is 0 Å². The number of hydrogen-bond acceptors (Lipinski definition) is 4. The molecule has 1 N–H and O–H groups in total. The predicted octanol–water partition coefficient (Wildman–Crippen LogP) is 4.74. The van der Waals surface area contributed by atoms with Gasteiger partial charge in [0.25, 0.3) is 0 Å². The minimum absolute atomic E-state index is 0.241. The molecule has 0 bridgehead atoms. The number of aryl methyl sites for hydroxylation is 2. The van der Waals surface area contributed by atoms with E-state index in [9.17, 15) is 0 Å². The monoisotopic (exact) mass is 395 g/mol. The van der Waals surface area contributed by atoms with Crippen LogP contribution in [0.2, 0.25) is 0 Å². The molecule has 0 amide bonds. The highest BCUT2D eigenvalue weighted by molar-refractivity contribution is 5.85. The SMILES string of the molecule is C=O.CNc1ccc2c(nc(C(C)Cc3ccccc3)n2C)c1CCC(C)OC. The van der Waals surface area contributed by atoms with Gasteiger partial charge < -0.3 is 19.4 Å². The summed E-state index contributed by atoms with van der Waals surface area (Å²) in [6.07, 6.45) is 3.17. The van der Waals surface area contributed by atoms with Gasteiger partial charge in [0, 0.05) is 38.4 Å². The van der Waals surface area contributed by atoms with E-state index >= 15 is 0 Å². The minimum Gasteiger partial charge on any atom is -0.388 e. The summed E-state index contributed by atoms with van der Waals surface area (Å²) in [6.45, 7) is 6.38. The molecule has 0 fully saturated rings. The fourth-order valence-electron chi connectivity index (χ4n) is 3.78. The van der Waals surface area contributed by atoms with E-state index in [-0.39, 0.29) is 6.10 Å². The Hall–Kier alpha value is -2.66. The van der Waals surface area contributed by atoms with Gasteiger partial charge in [0.05, 0.1) is 17.1 Å². The Labute approximate surface area is 174 Å². The van der Waals surface area contributed by atoms with Crippen molar-refractivity contribution >= 4 is 23.5 Å². The third-order valence-electron chi connectivity index (χ3n) is 5.49. The summed E-state index contributed by atoms with van der Waals surface area (Å²) < 4.78 is 7.70. The Kier molecular flexibility index (Phi) is 8.40. The maximum Gasteiger partial charge on any atom is 0.112 e. The number of aromatic nitrogens is 2. The molecule has 0 aliphatic carbocycles. The fraction of sp³-hybridized carbons (Fsp3) is 0.417. The largest absolute Gasteiger partial charge is 0.388 e. The Balaban J connectivity index is 0.00000145. The Morgan fingerprint density at radius 3 is 2.45 bits per heavy atom. The maximum atomic E-state index is 8.00. The summed E-state index contributed by atoms with van der Waals surface area (Å²) in [6, 6.07) is 15.0. The molecule has 3 aromatic rings. The van der Waals surface area contributed by atoms with Crippen LogP contribution in [-0.2, 0) is 29.4 Å². The van der Waals surface area contributed by atoms with Crippen LogP contribution in [0.3, 0.4) is 0 Å². The molecule has 2 atom stereocenters. The number of nitrogens with one attached hydrogen (secondary N) is 1. The van der Waals surface area contributed by atoms with Crippen LogP contribution in [0.4, 0.5) is 5.69 Å². The first-order valence-electron chi connectivity index (χ1n) is 10.1. The topological polar surface area (TPSA) is 56.2 Å². The van der Waals surface area contributed by atoms with Crippen molar-refractivity contribution in [2.24, 2.45) is 7.05 Å². The summed E-state index contributed by atoms with van der Waals surface area (Å²) in [4.78, 5) is 13.1. The van der Waals surface area contributed by atoms with E-state index in [2.05, 4.69) is 73.2 Å². The highest BCUT2D eigenvalue weighted by atomic mass is 16.5. The van der Waals surface area contributed by atoms with Crippen LogP contribution < -0.4 is 5.32 Å². The molecule has 1 heterocycles. The second-order valence-electron chi connectivity index (χ2n) is 7.41. The number of anilines is 1. The summed E-state index contributed by atoms with van der Waals surface area (Å²) >= 11 is 0. The first-order chi connectivity index (χ1) is 14.0. The van der Waals surface area contributed by atoms with Crippen molar-refractivity contribution in [1.82, 2.24) is 9.55 Å². The molecule has 3 rings (SSSR count). The van der Waals surface area contributed by atoms with E-state index in [1.54, 1.807) is 7.11 Å². The summed E-state index contributed by atoms with van der Waals surface area (Å²) in [5.41, 5.74) is 6.10. The van der Waals surface area contributed by atoms with Gasteiger partial charge >= 0.3 is 0 Å². The lowest BCUT2D eigenvalue weighted by Crippen LogP contribution is -2.07. The van der Waals surface area contributed by atoms with Crippen molar-refractivity contribution in [2.75, 3.05) is 19.5 Å². The molecule has 1 aromatic heterocycles. The number of ether oxygens (including phenoxy) is 1. The molecule has 0 saturated heterocycles. The average Bonchev–Trinajstić information content (AvgIpc) is 3.10. The molecule has 0 aliphatic heterocycles. The van der Waals surface area contributed by atoms with Crippen LogP contribution in [0.25, 0.3) is 11.0 Å². The van der Waals surface area contributed by atoms with Gasteiger partial charge in [-0.1, -0.05) is 37.3 Å². The lowest BCUT2D eigenvalue weighted by Gasteiger charge is -2.13. The van der Waals surface area contributed by atoms with E-state index in [0.717, 1.165) is 36.3 Å². The molecular weight excluding hydrogens is 362 g/mol. The molecule has 0 spiro atoms. The lowest BCUT2D eigenvalue weighted by atomic mass is 10.0. The van der Waals surface area contributed by atoms with Gasteiger partial charge in [0.15, 0.2) is 0 Å². The summed E-state index contributed by atoms with van der Waals surface area (Å²) in [7, 11) is 5.88. The van der Waals surface area contributed by atoms with E-state index in [1.165, 1.54) is 16.6 Å².